The maximum Gasteiger partial charge on any atom is 0.307 e. The molecule has 0 heterocycles. The molecule has 0 radical (unpaired) electrons. The van der Waals surface area contributed by atoms with E-state index in [1.54, 1.807) is 19.1 Å². The topological polar surface area (TPSA) is 37.3 Å². The van der Waals surface area contributed by atoms with Crippen molar-refractivity contribution in [1.29, 1.82) is 0 Å². The van der Waals surface area contributed by atoms with Crippen LogP contribution in [0.2, 0.25) is 0 Å². The first-order valence-electron chi connectivity index (χ1n) is 9.85. The van der Waals surface area contributed by atoms with E-state index in [9.17, 15) is 27.5 Å². The molecule has 32 heavy (non-hydrogen) atoms. The van der Waals surface area contributed by atoms with Crippen molar-refractivity contribution >= 4 is 23.2 Å². The Labute approximate surface area is 182 Å². The molecule has 3 aromatic carbocycles. The Morgan fingerprint density at radius 1 is 0.875 bits per heavy atom. The molecule has 1 aliphatic carbocycles. The molecule has 0 spiro atoms. The van der Waals surface area contributed by atoms with Crippen LogP contribution in [0, 0.1) is 11.6 Å². The maximum absolute atomic E-state index is 14.8. The summed E-state index contributed by atoms with van der Waals surface area (Å²) in [6.45, 7) is 1.76. The van der Waals surface area contributed by atoms with E-state index in [1.165, 1.54) is 36.4 Å². The van der Waals surface area contributed by atoms with E-state index in [4.69, 9.17) is 0 Å². The lowest BCUT2D eigenvalue weighted by molar-refractivity contribution is -0.135. The number of halogens is 4. The Kier molecular flexibility index (Phi) is 5.46. The molecule has 1 aliphatic rings. The van der Waals surface area contributed by atoms with Gasteiger partial charge in [-0.15, -0.1) is 0 Å². The summed E-state index contributed by atoms with van der Waals surface area (Å²) in [5, 5.41) is 9.24. The standard InChI is InChI=1S/C26H18F4O2/c1-15-22(21-11-10-20(28)13-24(21)23(15)14-25(31)32)12-16-2-4-17(5-3-16)26(29,30)18-6-8-19(27)9-7-18/h2-13H,14H2,1H3,(H,31,32). The van der Waals surface area contributed by atoms with Crippen LogP contribution < -0.4 is 0 Å². The highest BCUT2D eigenvalue weighted by Gasteiger charge is 2.34. The van der Waals surface area contributed by atoms with Gasteiger partial charge < -0.3 is 5.11 Å². The fourth-order valence-electron chi connectivity index (χ4n) is 3.91. The first kappa shape index (κ1) is 21.6. The van der Waals surface area contributed by atoms with Gasteiger partial charge in [0.25, 0.3) is 5.92 Å². The van der Waals surface area contributed by atoms with Gasteiger partial charge in [0.2, 0.25) is 0 Å². The highest BCUT2D eigenvalue weighted by atomic mass is 19.3. The summed E-state index contributed by atoms with van der Waals surface area (Å²) < 4.78 is 56.4. The summed E-state index contributed by atoms with van der Waals surface area (Å²) in [7, 11) is 0. The first-order chi connectivity index (χ1) is 15.2. The minimum atomic E-state index is -3.29. The lowest BCUT2D eigenvalue weighted by atomic mass is 9.97. The van der Waals surface area contributed by atoms with E-state index in [1.807, 2.05) is 0 Å². The number of allylic oxidation sites excluding steroid dienone is 2. The molecule has 0 unspecified atom stereocenters. The normalized spacial score (nSPS) is 14.7. The fraction of sp³-hybridized carbons (Fsp3) is 0.115. The Bertz CT molecular complexity index is 1250. The highest BCUT2D eigenvalue weighted by Crippen LogP contribution is 2.44. The van der Waals surface area contributed by atoms with Gasteiger partial charge in [-0.25, -0.2) is 8.78 Å². The molecule has 162 valence electrons. The summed E-state index contributed by atoms with van der Waals surface area (Å²) in [6, 6.07) is 14.0. The van der Waals surface area contributed by atoms with Gasteiger partial charge in [0.1, 0.15) is 11.6 Å². The zero-order chi connectivity index (χ0) is 23.0. The number of carboxylic acid groups (broad SMARTS) is 1. The zero-order valence-corrected chi connectivity index (χ0v) is 17.0. The molecule has 0 bridgehead atoms. The number of hydrogen-bond donors (Lipinski definition) is 1. The van der Waals surface area contributed by atoms with E-state index in [0.29, 0.717) is 33.4 Å². The van der Waals surface area contributed by atoms with Crippen molar-refractivity contribution < 1.29 is 27.5 Å². The van der Waals surface area contributed by atoms with Gasteiger partial charge in [0.15, 0.2) is 0 Å². The third-order valence-corrected chi connectivity index (χ3v) is 5.57. The first-order valence-corrected chi connectivity index (χ1v) is 9.85. The van der Waals surface area contributed by atoms with Crippen LogP contribution in [0.25, 0.3) is 17.2 Å². The molecule has 2 nitrogen and oxygen atoms in total. The number of hydrogen-bond acceptors (Lipinski definition) is 1. The van der Waals surface area contributed by atoms with Crippen molar-refractivity contribution in [2.45, 2.75) is 19.3 Å². The Hall–Kier alpha value is -3.67. The molecular formula is C26H18F4O2. The van der Waals surface area contributed by atoms with Crippen molar-refractivity contribution in [2.24, 2.45) is 0 Å². The molecule has 0 aliphatic heterocycles. The van der Waals surface area contributed by atoms with E-state index in [-0.39, 0.29) is 17.5 Å². The van der Waals surface area contributed by atoms with Gasteiger partial charge >= 0.3 is 5.97 Å². The number of alkyl halides is 2. The summed E-state index contributed by atoms with van der Waals surface area (Å²) in [6.07, 6.45) is 1.52. The van der Waals surface area contributed by atoms with Crippen LogP contribution in [0.5, 0.6) is 0 Å². The van der Waals surface area contributed by atoms with Crippen LogP contribution in [-0.2, 0) is 10.7 Å². The number of fused-ring (bicyclic) bond motifs is 1. The molecule has 0 saturated heterocycles. The summed E-state index contributed by atoms with van der Waals surface area (Å²) >= 11 is 0. The van der Waals surface area contributed by atoms with Gasteiger partial charge in [-0.2, -0.15) is 8.78 Å². The Morgan fingerprint density at radius 3 is 2.03 bits per heavy atom. The second kappa shape index (κ2) is 8.11. The second-order valence-corrected chi connectivity index (χ2v) is 7.63. The molecule has 3 aromatic rings. The Morgan fingerprint density at radius 2 is 1.44 bits per heavy atom. The van der Waals surface area contributed by atoms with Gasteiger partial charge in [-0.1, -0.05) is 30.3 Å². The molecule has 0 fully saturated rings. The molecule has 0 saturated carbocycles. The SMILES string of the molecule is CC1=C(CC(=O)O)c2cc(F)ccc2C1=Cc1ccc(C(F)(F)c2ccc(F)cc2)cc1. The quantitative estimate of drug-likeness (QED) is 0.440. The van der Waals surface area contributed by atoms with Crippen LogP contribution in [0.4, 0.5) is 17.6 Å². The van der Waals surface area contributed by atoms with Crippen molar-refractivity contribution in [3.05, 3.63) is 112 Å². The summed E-state index contributed by atoms with van der Waals surface area (Å²) in [5.74, 6) is -5.37. The molecule has 0 atom stereocenters. The number of carbonyl (C=O) groups is 1. The van der Waals surface area contributed by atoms with E-state index in [0.717, 1.165) is 24.3 Å². The van der Waals surface area contributed by atoms with Crippen molar-refractivity contribution in [3.8, 4) is 0 Å². The molecular weight excluding hydrogens is 420 g/mol. The largest absolute Gasteiger partial charge is 0.481 e. The number of rotatable bonds is 5. The smallest absolute Gasteiger partial charge is 0.307 e. The average Bonchev–Trinajstić information content (AvgIpc) is 2.99. The van der Waals surface area contributed by atoms with Gasteiger partial charge in [-0.3, -0.25) is 4.79 Å². The third-order valence-electron chi connectivity index (χ3n) is 5.57. The van der Waals surface area contributed by atoms with E-state index < -0.39 is 23.5 Å². The zero-order valence-electron chi connectivity index (χ0n) is 17.0. The minimum Gasteiger partial charge on any atom is -0.481 e. The van der Waals surface area contributed by atoms with E-state index in [2.05, 4.69) is 0 Å². The molecule has 0 amide bonds. The predicted molar refractivity (Wildman–Crippen MR) is 115 cm³/mol. The van der Waals surface area contributed by atoms with Crippen LogP contribution in [0.1, 0.15) is 41.2 Å². The number of benzene rings is 3. The number of carboxylic acids is 1. The monoisotopic (exact) mass is 438 g/mol. The fourth-order valence-corrected chi connectivity index (χ4v) is 3.91. The van der Waals surface area contributed by atoms with Crippen LogP contribution >= 0.6 is 0 Å². The highest BCUT2D eigenvalue weighted by molar-refractivity contribution is 6.07. The summed E-state index contributed by atoms with van der Waals surface area (Å²) in [5.41, 5.74) is 3.25. The van der Waals surface area contributed by atoms with Crippen molar-refractivity contribution in [3.63, 3.8) is 0 Å². The predicted octanol–water partition coefficient (Wildman–Crippen LogP) is 6.91. The van der Waals surface area contributed by atoms with Gasteiger partial charge in [0.05, 0.1) is 6.42 Å². The van der Waals surface area contributed by atoms with Crippen LogP contribution in [-0.4, -0.2) is 11.1 Å². The van der Waals surface area contributed by atoms with Crippen molar-refractivity contribution in [1.82, 2.24) is 0 Å². The van der Waals surface area contributed by atoms with Gasteiger partial charge in [0, 0.05) is 11.1 Å². The number of aliphatic carboxylic acids is 1. The third kappa shape index (κ3) is 3.96. The van der Waals surface area contributed by atoms with Crippen LogP contribution in [0.15, 0.2) is 72.3 Å². The lowest BCUT2D eigenvalue weighted by Crippen LogP contribution is -2.15. The lowest BCUT2D eigenvalue weighted by Gasteiger charge is -2.17. The minimum absolute atomic E-state index is 0.237. The van der Waals surface area contributed by atoms with Gasteiger partial charge in [-0.05, 0) is 82.8 Å². The molecule has 6 heteroatoms. The average molecular weight is 438 g/mol. The molecule has 0 aromatic heterocycles. The van der Waals surface area contributed by atoms with Crippen molar-refractivity contribution in [2.75, 3.05) is 0 Å². The summed E-state index contributed by atoms with van der Waals surface area (Å²) in [4.78, 5) is 11.3. The Balaban J connectivity index is 1.71. The van der Waals surface area contributed by atoms with Crippen LogP contribution in [0.3, 0.4) is 0 Å². The maximum atomic E-state index is 14.8. The molecule has 1 N–H and O–H groups in total. The van der Waals surface area contributed by atoms with E-state index >= 15 is 0 Å². The molecule has 4 rings (SSSR count). The second-order valence-electron chi connectivity index (χ2n) is 7.63.